The summed E-state index contributed by atoms with van der Waals surface area (Å²) in [6.07, 6.45) is 9.58. The molecule has 0 radical (unpaired) electrons. The standard InChI is InChI=1S/C34H38O6/c1-17(2)27-19(4)25(20(5)35)30(38)34(40)31(39)28-29(37)26-23(15-32(28,6)16-33(27,34)7)22(13-14-24(26)36)12-11-21-10-8-9-18(21)3/h8-9,11-14,17,27,36-37,40H,10,15-16H2,1-7H3/b12-11+/t27-,32+,33+,34-/m1/s1. The zero-order chi connectivity index (χ0) is 29.5. The molecule has 6 heteroatoms. The maximum Gasteiger partial charge on any atom is 0.206 e. The number of phenols is 1. The van der Waals surface area contributed by atoms with Gasteiger partial charge in [-0.3, -0.25) is 14.4 Å². The molecule has 6 nitrogen and oxygen atoms in total. The number of fused-ring (bicyclic) bond motifs is 3. The molecule has 1 aromatic rings. The molecule has 0 amide bonds. The van der Waals surface area contributed by atoms with Crippen molar-refractivity contribution < 1.29 is 29.7 Å². The number of benzene rings is 1. The van der Waals surface area contributed by atoms with Gasteiger partial charge >= 0.3 is 0 Å². The number of rotatable bonds is 4. The van der Waals surface area contributed by atoms with Crippen molar-refractivity contribution in [3.8, 4) is 5.75 Å². The van der Waals surface area contributed by atoms with Gasteiger partial charge < -0.3 is 15.3 Å². The summed E-state index contributed by atoms with van der Waals surface area (Å²) in [5, 5.41) is 34.7. The lowest BCUT2D eigenvalue weighted by molar-refractivity contribution is -0.180. The molecular weight excluding hydrogens is 504 g/mol. The first kappa shape index (κ1) is 28.0. The van der Waals surface area contributed by atoms with Crippen molar-refractivity contribution in [3.05, 3.63) is 74.9 Å². The van der Waals surface area contributed by atoms with E-state index in [-0.39, 0.29) is 34.8 Å². The van der Waals surface area contributed by atoms with Gasteiger partial charge in [0.15, 0.2) is 11.4 Å². The van der Waals surface area contributed by atoms with Gasteiger partial charge in [-0.05, 0) is 80.2 Å². The Morgan fingerprint density at radius 2 is 1.75 bits per heavy atom. The van der Waals surface area contributed by atoms with E-state index in [2.05, 4.69) is 19.1 Å². The van der Waals surface area contributed by atoms with Gasteiger partial charge in [-0.25, -0.2) is 0 Å². The van der Waals surface area contributed by atoms with Gasteiger partial charge in [0.25, 0.3) is 0 Å². The molecule has 210 valence electrons. The van der Waals surface area contributed by atoms with Crippen LogP contribution in [-0.2, 0) is 20.8 Å². The topological polar surface area (TPSA) is 112 Å². The molecule has 5 rings (SSSR count). The van der Waals surface area contributed by atoms with Crippen LogP contribution < -0.4 is 0 Å². The predicted octanol–water partition coefficient (Wildman–Crippen LogP) is 5.98. The molecule has 0 aromatic heterocycles. The van der Waals surface area contributed by atoms with Crippen LogP contribution in [0.4, 0.5) is 0 Å². The van der Waals surface area contributed by atoms with E-state index in [0.717, 1.165) is 12.0 Å². The first-order valence-corrected chi connectivity index (χ1v) is 14.0. The zero-order valence-corrected chi connectivity index (χ0v) is 24.3. The minimum absolute atomic E-state index is 0.0618. The van der Waals surface area contributed by atoms with Gasteiger partial charge in [-0.15, -0.1) is 0 Å². The monoisotopic (exact) mass is 542 g/mol. The quantitative estimate of drug-likeness (QED) is 0.319. The fourth-order valence-electron chi connectivity index (χ4n) is 8.45. The van der Waals surface area contributed by atoms with E-state index in [1.165, 1.54) is 24.1 Å². The van der Waals surface area contributed by atoms with Gasteiger partial charge in [0.05, 0.1) is 11.1 Å². The molecular formula is C34H38O6. The van der Waals surface area contributed by atoms with Crippen LogP contribution >= 0.6 is 0 Å². The fourth-order valence-corrected chi connectivity index (χ4v) is 8.45. The minimum atomic E-state index is -2.52. The number of carbonyl (C=O) groups excluding carboxylic acids is 3. The number of allylic oxidation sites excluding steroid dienone is 6. The van der Waals surface area contributed by atoms with Gasteiger partial charge in [0.1, 0.15) is 11.5 Å². The van der Waals surface area contributed by atoms with Gasteiger partial charge in [-0.1, -0.05) is 63.6 Å². The molecule has 4 aliphatic carbocycles. The van der Waals surface area contributed by atoms with Crippen LogP contribution in [-0.4, -0.2) is 38.3 Å². The summed E-state index contributed by atoms with van der Waals surface area (Å²) < 4.78 is 0. The maximum atomic E-state index is 14.4. The van der Waals surface area contributed by atoms with Crippen LogP contribution in [0.3, 0.4) is 0 Å². The van der Waals surface area contributed by atoms with Gasteiger partial charge in [0, 0.05) is 16.4 Å². The average molecular weight is 543 g/mol. The largest absolute Gasteiger partial charge is 0.507 e. The Morgan fingerprint density at radius 1 is 1.07 bits per heavy atom. The van der Waals surface area contributed by atoms with E-state index in [9.17, 15) is 29.7 Å². The predicted molar refractivity (Wildman–Crippen MR) is 154 cm³/mol. The van der Waals surface area contributed by atoms with Crippen LogP contribution in [0, 0.1) is 22.7 Å². The highest BCUT2D eigenvalue weighted by atomic mass is 16.3. The molecule has 4 aliphatic rings. The zero-order valence-electron chi connectivity index (χ0n) is 24.3. The molecule has 0 bridgehead atoms. The molecule has 4 atom stereocenters. The van der Waals surface area contributed by atoms with Crippen LogP contribution in [0.1, 0.15) is 78.0 Å². The number of aromatic hydroxyl groups is 1. The van der Waals surface area contributed by atoms with Crippen molar-refractivity contribution in [1.29, 1.82) is 0 Å². The molecule has 0 heterocycles. The second kappa shape index (κ2) is 9.00. The van der Waals surface area contributed by atoms with Crippen LogP contribution in [0.5, 0.6) is 5.75 Å². The van der Waals surface area contributed by atoms with Crippen LogP contribution in [0.15, 0.2) is 58.2 Å². The lowest BCUT2D eigenvalue weighted by atomic mass is 9.42. The SMILES string of the molecule is CC(=O)C1=C(C)[C@@H](C(C)C)[C@]2(C)C[C@]3(C)Cc4c(/C=C/C5=C(C)C=CC5)ccc(O)c4C(O)=C3C(=O)[C@]2(O)C1=O. The fraction of sp³-hybridized carbons (Fsp3) is 0.441. The molecule has 0 spiro atoms. The van der Waals surface area contributed by atoms with Crippen molar-refractivity contribution in [2.24, 2.45) is 22.7 Å². The highest BCUT2D eigenvalue weighted by Gasteiger charge is 2.71. The highest BCUT2D eigenvalue weighted by molar-refractivity contribution is 6.33. The Labute approximate surface area is 235 Å². The third-order valence-electron chi connectivity index (χ3n) is 9.91. The number of ketones is 3. The minimum Gasteiger partial charge on any atom is -0.507 e. The molecule has 0 unspecified atom stereocenters. The van der Waals surface area contributed by atoms with Crippen molar-refractivity contribution in [2.45, 2.75) is 73.3 Å². The van der Waals surface area contributed by atoms with Crippen molar-refractivity contribution in [2.75, 3.05) is 0 Å². The van der Waals surface area contributed by atoms with Gasteiger partial charge in [-0.2, -0.15) is 0 Å². The smallest absolute Gasteiger partial charge is 0.206 e. The second-order valence-electron chi connectivity index (χ2n) is 12.9. The second-order valence-corrected chi connectivity index (χ2v) is 12.9. The van der Waals surface area contributed by atoms with E-state index < -0.39 is 45.5 Å². The molecule has 1 saturated carbocycles. The normalized spacial score (nSPS) is 31.9. The Hall–Kier alpha value is -3.51. The molecule has 3 N–H and O–H groups in total. The third kappa shape index (κ3) is 3.54. The van der Waals surface area contributed by atoms with Crippen LogP contribution in [0.2, 0.25) is 0 Å². The van der Waals surface area contributed by atoms with E-state index in [1.54, 1.807) is 19.9 Å². The number of aliphatic hydroxyl groups is 2. The average Bonchev–Trinajstić information content (AvgIpc) is 3.25. The first-order valence-electron chi connectivity index (χ1n) is 14.0. The summed E-state index contributed by atoms with van der Waals surface area (Å²) in [5.74, 6) is -3.37. The van der Waals surface area contributed by atoms with Crippen molar-refractivity contribution in [1.82, 2.24) is 0 Å². The lowest BCUT2D eigenvalue weighted by Crippen LogP contribution is -2.70. The first-order chi connectivity index (χ1) is 18.6. The highest BCUT2D eigenvalue weighted by Crippen LogP contribution is 2.65. The molecule has 0 saturated heterocycles. The molecule has 0 aliphatic heterocycles. The number of Topliss-reactive ketones (excluding diaryl/α,β-unsaturated/α-hetero) is 3. The maximum absolute atomic E-state index is 14.4. The Bertz CT molecular complexity index is 1550. The summed E-state index contributed by atoms with van der Waals surface area (Å²) in [6.45, 7) is 12.7. The Morgan fingerprint density at radius 3 is 2.33 bits per heavy atom. The van der Waals surface area contributed by atoms with Crippen molar-refractivity contribution in [3.63, 3.8) is 0 Å². The molecule has 1 aromatic carbocycles. The molecule has 40 heavy (non-hydrogen) atoms. The summed E-state index contributed by atoms with van der Waals surface area (Å²) in [4.78, 5) is 40.9. The van der Waals surface area contributed by atoms with Gasteiger partial charge in [0.2, 0.25) is 11.6 Å². The van der Waals surface area contributed by atoms with E-state index in [0.29, 0.717) is 17.6 Å². The number of hydrogen-bond acceptors (Lipinski definition) is 6. The van der Waals surface area contributed by atoms with E-state index in [4.69, 9.17) is 0 Å². The summed E-state index contributed by atoms with van der Waals surface area (Å²) in [6, 6.07) is 3.29. The summed E-state index contributed by atoms with van der Waals surface area (Å²) in [5.41, 5.74) is -0.232. The Balaban J connectivity index is 1.74. The third-order valence-corrected chi connectivity index (χ3v) is 9.91. The summed E-state index contributed by atoms with van der Waals surface area (Å²) >= 11 is 0. The van der Waals surface area contributed by atoms with Crippen molar-refractivity contribution >= 4 is 29.2 Å². The van der Waals surface area contributed by atoms with E-state index >= 15 is 0 Å². The molecule has 1 fully saturated rings. The number of phenolic OH excluding ortho intramolecular Hbond substituents is 1. The number of aliphatic hydroxyl groups excluding tert-OH is 1. The number of hydrogen-bond donors (Lipinski definition) is 3. The Kier molecular flexibility index (Phi) is 6.31. The van der Waals surface area contributed by atoms with E-state index in [1.807, 2.05) is 32.9 Å². The number of carbonyl (C=O) groups is 3. The van der Waals surface area contributed by atoms with Crippen LogP contribution in [0.25, 0.3) is 11.8 Å². The lowest BCUT2D eigenvalue weighted by Gasteiger charge is -2.60. The summed E-state index contributed by atoms with van der Waals surface area (Å²) in [7, 11) is 0.